The molecule has 2 atom stereocenters. The first kappa shape index (κ1) is 25.5. The summed E-state index contributed by atoms with van der Waals surface area (Å²) in [5, 5.41) is 11.9. The maximum Gasteiger partial charge on any atom is 0.313 e. The number of nitrogen functional groups attached to an aromatic ring is 1. The van der Waals surface area contributed by atoms with E-state index in [1.807, 2.05) is 48.5 Å². The number of aromatic amines is 1. The van der Waals surface area contributed by atoms with Crippen LogP contribution in [0.3, 0.4) is 0 Å². The summed E-state index contributed by atoms with van der Waals surface area (Å²) in [5.41, 5.74) is 8.92. The Kier molecular flexibility index (Phi) is 8.95. The van der Waals surface area contributed by atoms with Crippen LogP contribution >= 0.6 is 24.8 Å². The second-order valence-corrected chi connectivity index (χ2v) is 7.59. The monoisotopic (exact) mass is 478 g/mol. The molecule has 32 heavy (non-hydrogen) atoms. The van der Waals surface area contributed by atoms with Crippen LogP contribution in [0.5, 0.6) is 5.75 Å². The summed E-state index contributed by atoms with van der Waals surface area (Å²) in [6.07, 6.45) is 1.67. The van der Waals surface area contributed by atoms with Gasteiger partial charge < -0.3 is 25.5 Å². The molecule has 1 unspecified atom stereocenters. The molecule has 0 amide bonds. The van der Waals surface area contributed by atoms with E-state index in [1.165, 1.54) is 7.11 Å². The number of carbonyl (C=O) groups excluding carboxylic acids is 1. The number of nitrogens with two attached hydrogens (primary N) is 1. The molecule has 0 spiro atoms. The second-order valence-electron chi connectivity index (χ2n) is 7.59. The molecule has 1 aliphatic rings. The Morgan fingerprint density at radius 2 is 1.94 bits per heavy atom. The van der Waals surface area contributed by atoms with Crippen LogP contribution in [0.1, 0.15) is 29.2 Å². The normalized spacial score (nSPS) is 16.0. The molecule has 1 saturated heterocycles. The van der Waals surface area contributed by atoms with Gasteiger partial charge in [0.25, 0.3) is 0 Å². The van der Waals surface area contributed by atoms with Crippen molar-refractivity contribution < 1.29 is 14.3 Å². The molecule has 5 N–H and O–H groups in total. The third-order valence-electron chi connectivity index (χ3n) is 5.50. The van der Waals surface area contributed by atoms with Crippen LogP contribution in [-0.4, -0.2) is 43.1 Å². The van der Waals surface area contributed by atoms with Crippen molar-refractivity contribution in [3.63, 3.8) is 0 Å². The Hall–Kier alpha value is -2.74. The van der Waals surface area contributed by atoms with E-state index in [-0.39, 0.29) is 42.7 Å². The van der Waals surface area contributed by atoms with Crippen molar-refractivity contribution in [1.82, 2.24) is 10.3 Å². The summed E-state index contributed by atoms with van der Waals surface area (Å²) < 4.78 is 11.0. The first-order valence-electron chi connectivity index (χ1n) is 10.0. The fourth-order valence-corrected chi connectivity index (χ4v) is 3.86. The molecule has 1 aromatic heterocycles. The van der Waals surface area contributed by atoms with E-state index in [0.717, 1.165) is 47.4 Å². The quantitative estimate of drug-likeness (QED) is 0.235. The number of esters is 1. The number of benzene rings is 2. The topological polar surface area (TPSA) is 113 Å². The lowest BCUT2D eigenvalue weighted by Crippen LogP contribution is -2.20. The van der Waals surface area contributed by atoms with Gasteiger partial charge in [0.05, 0.1) is 13.0 Å². The largest absolute Gasteiger partial charge is 0.489 e. The highest BCUT2D eigenvalue weighted by Gasteiger charge is 2.23. The molecule has 0 radical (unpaired) electrons. The Morgan fingerprint density at radius 1 is 1.19 bits per heavy atom. The summed E-state index contributed by atoms with van der Waals surface area (Å²) in [5.74, 6) is 0.110. The highest BCUT2D eigenvalue weighted by atomic mass is 35.5. The Morgan fingerprint density at radius 3 is 2.56 bits per heavy atom. The molecular weight excluding hydrogens is 451 g/mol. The number of rotatable bonds is 7. The van der Waals surface area contributed by atoms with Gasteiger partial charge in [0.15, 0.2) is 0 Å². The van der Waals surface area contributed by atoms with Gasteiger partial charge in [0, 0.05) is 29.7 Å². The zero-order chi connectivity index (χ0) is 21.1. The van der Waals surface area contributed by atoms with Gasteiger partial charge in [-0.3, -0.25) is 10.2 Å². The van der Waals surface area contributed by atoms with Crippen LogP contribution in [0.25, 0.3) is 10.9 Å². The molecular formula is C23H28Cl2N4O3. The molecule has 7 nitrogen and oxygen atoms in total. The number of aromatic nitrogens is 1. The third-order valence-corrected chi connectivity index (χ3v) is 5.50. The molecule has 0 saturated carbocycles. The van der Waals surface area contributed by atoms with Crippen molar-refractivity contribution in [3.8, 4) is 5.75 Å². The number of methoxy groups -OCH3 is 1. The van der Waals surface area contributed by atoms with Crippen LogP contribution in [-0.2, 0) is 16.0 Å². The molecule has 0 aliphatic carbocycles. The minimum atomic E-state index is -0.433. The smallest absolute Gasteiger partial charge is 0.313 e. The van der Waals surface area contributed by atoms with Crippen LogP contribution in [0.15, 0.2) is 48.5 Å². The Labute approximate surface area is 199 Å². The number of H-pyrrole nitrogens is 1. The summed E-state index contributed by atoms with van der Waals surface area (Å²) in [6, 6.07) is 15.3. The van der Waals surface area contributed by atoms with Crippen molar-refractivity contribution >= 4 is 47.5 Å². The molecule has 9 heteroatoms. The van der Waals surface area contributed by atoms with E-state index >= 15 is 0 Å². The first-order valence-corrected chi connectivity index (χ1v) is 10.0. The average Bonchev–Trinajstić information content (AvgIpc) is 3.40. The standard InChI is InChI=1S/C23H26N4O3.2ClH/c1-29-23(28)20(14-4-6-18(7-5-14)30-19-8-9-26-13-19)12-17-10-15-2-3-16(22(24)25)11-21(15)27-17;;/h2-7,10-11,19-20,26-27H,8-9,12-13H2,1H3,(H3,24,25);2*1H/t19-,20?;;/m0../s1. The summed E-state index contributed by atoms with van der Waals surface area (Å²) in [4.78, 5) is 15.9. The zero-order valence-electron chi connectivity index (χ0n) is 17.7. The molecule has 0 bridgehead atoms. The lowest BCUT2D eigenvalue weighted by Gasteiger charge is -2.16. The summed E-state index contributed by atoms with van der Waals surface area (Å²) >= 11 is 0. The van der Waals surface area contributed by atoms with Gasteiger partial charge in [-0.05, 0) is 48.2 Å². The molecule has 2 aromatic carbocycles. The Balaban J connectivity index is 0.00000181. The Bertz CT molecular complexity index is 1060. The van der Waals surface area contributed by atoms with Gasteiger partial charge in [0.1, 0.15) is 17.7 Å². The van der Waals surface area contributed by atoms with Crippen molar-refractivity contribution in [2.45, 2.75) is 24.9 Å². The predicted molar refractivity (Wildman–Crippen MR) is 131 cm³/mol. The van der Waals surface area contributed by atoms with E-state index in [0.29, 0.717) is 12.0 Å². The molecule has 2 heterocycles. The molecule has 3 aromatic rings. The van der Waals surface area contributed by atoms with E-state index < -0.39 is 5.92 Å². The van der Waals surface area contributed by atoms with Gasteiger partial charge in [0.2, 0.25) is 0 Å². The second kappa shape index (κ2) is 11.2. The fourth-order valence-electron chi connectivity index (χ4n) is 3.86. The van der Waals surface area contributed by atoms with Crippen molar-refractivity contribution in [3.05, 3.63) is 65.4 Å². The number of hydrogen-bond donors (Lipinski definition) is 4. The van der Waals surface area contributed by atoms with Crippen molar-refractivity contribution in [2.75, 3.05) is 20.2 Å². The molecule has 1 aliphatic heterocycles. The predicted octanol–water partition coefficient (Wildman–Crippen LogP) is 3.54. The number of hydrogen-bond acceptors (Lipinski definition) is 5. The molecule has 4 rings (SSSR count). The van der Waals surface area contributed by atoms with Crippen LogP contribution in [0.2, 0.25) is 0 Å². The van der Waals surface area contributed by atoms with Gasteiger partial charge >= 0.3 is 5.97 Å². The lowest BCUT2D eigenvalue weighted by molar-refractivity contribution is -0.142. The van der Waals surface area contributed by atoms with E-state index in [9.17, 15) is 4.79 Å². The number of carbonyl (C=O) groups is 1. The SMILES string of the molecule is COC(=O)C(Cc1cc2ccc(C(=N)N)cc2[nH]1)c1ccc(O[C@H]2CCNC2)cc1.Cl.Cl. The number of halogens is 2. The maximum atomic E-state index is 12.5. The number of ether oxygens (including phenoxy) is 2. The highest BCUT2D eigenvalue weighted by molar-refractivity contribution is 5.98. The first-order chi connectivity index (χ1) is 14.5. The number of amidine groups is 1. The lowest BCUT2D eigenvalue weighted by atomic mass is 9.94. The molecule has 1 fully saturated rings. The number of nitrogens with one attached hydrogen (secondary N) is 3. The minimum Gasteiger partial charge on any atom is -0.489 e. The minimum absolute atomic E-state index is 0. The van der Waals surface area contributed by atoms with Crippen LogP contribution in [0, 0.1) is 5.41 Å². The van der Waals surface area contributed by atoms with Crippen LogP contribution in [0.4, 0.5) is 0 Å². The average molecular weight is 479 g/mol. The molecule has 172 valence electrons. The van der Waals surface area contributed by atoms with Crippen molar-refractivity contribution in [2.24, 2.45) is 5.73 Å². The summed E-state index contributed by atoms with van der Waals surface area (Å²) in [7, 11) is 1.41. The van der Waals surface area contributed by atoms with Gasteiger partial charge in [-0.25, -0.2) is 0 Å². The van der Waals surface area contributed by atoms with E-state index in [2.05, 4.69) is 10.3 Å². The van der Waals surface area contributed by atoms with E-state index in [1.54, 1.807) is 0 Å². The van der Waals surface area contributed by atoms with Gasteiger partial charge in [-0.15, -0.1) is 24.8 Å². The van der Waals surface area contributed by atoms with E-state index in [4.69, 9.17) is 20.6 Å². The van der Waals surface area contributed by atoms with Gasteiger partial charge in [-0.1, -0.05) is 24.3 Å². The highest BCUT2D eigenvalue weighted by Crippen LogP contribution is 2.27. The fraction of sp³-hybridized carbons (Fsp3) is 0.304. The van der Waals surface area contributed by atoms with Gasteiger partial charge in [-0.2, -0.15) is 0 Å². The van der Waals surface area contributed by atoms with Crippen LogP contribution < -0.4 is 15.8 Å². The third kappa shape index (κ3) is 5.73. The van der Waals surface area contributed by atoms with Crippen molar-refractivity contribution in [1.29, 1.82) is 5.41 Å². The summed E-state index contributed by atoms with van der Waals surface area (Å²) in [6.45, 7) is 1.84. The zero-order valence-corrected chi connectivity index (χ0v) is 19.4. The maximum absolute atomic E-state index is 12.5. The number of fused-ring (bicyclic) bond motifs is 1.